The minimum Gasteiger partial charge on any atom is -0.439 e. The summed E-state index contributed by atoms with van der Waals surface area (Å²) in [5.74, 6) is 1.18. The van der Waals surface area contributed by atoms with E-state index in [4.69, 9.17) is 4.74 Å². The average Bonchev–Trinajstić information content (AvgIpc) is 3.00. The first-order chi connectivity index (χ1) is 11.7. The van der Waals surface area contributed by atoms with Crippen LogP contribution in [0.15, 0.2) is 55.0 Å². The monoisotopic (exact) mass is 322 g/mol. The van der Waals surface area contributed by atoms with Gasteiger partial charge in [0, 0.05) is 24.5 Å². The third kappa shape index (κ3) is 4.19. The van der Waals surface area contributed by atoms with Crippen LogP contribution in [0.3, 0.4) is 0 Å². The fourth-order valence-corrected chi connectivity index (χ4v) is 2.17. The molecule has 1 amide bonds. The summed E-state index contributed by atoms with van der Waals surface area (Å²) in [6, 6.07) is 13.1. The molecule has 6 nitrogen and oxygen atoms in total. The van der Waals surface area contributed by atoms with Crippen LogP contribution in [-0.4, -0.2) is 20.9 Å². The van der Waals surface area contributed by atoms with Gasteiger partial charge < -0.3 is 15.0 Å². The zero-order chi connectivity index (χ0) is 16.8. The molecule has 6 heteroatoms. The number of pyridine rings is 1. The summed E-state index contributed by atoms with van der Waals surface area (Å²) < 4.78 is 5.63. The highest BCUT2D eigenvalue weighted by molar-refractivity contribution is 5.78. The molecule has 0 spiro atoms. The molecule has 0 bridgehead atoms. The molecule has 0 fully saturated rings. The molecule has 2 aromatic heterocycles. The van der Waals surface area contributed by atoms with E-state index in [0.717, 1.165) is 22.7 Å². The molecule has 0 saturated carbocycles. The second kappa shape index (κ2) is 7.41. The van der Waals surface area contributed by atoms with Gasteiger partial charge in [-0.3, -0.25) is 4.79 Å². The molecule has 0 atom stereocenters. The van der Waals surface area contributed by atoms with Gasteiger partial charge in [-0.05, 0) is 24.6 Å². The van der Waals surface area contributed by atoms with Crippen LogP contribution in [0, 0.1) is 6.92 Å². The van der Waals surface area contributed by atoms with E-state index >= 15 is 0 Å². The number of aryl methyl sites for hydroxylation is 1. The number of hydrogen-bond acceptors (Lipinski definition) is 4. The Hall–Kier alpha value is -3.15. The maximum Gasteiger partial charge on any atom is 0.226 e. The predicted molar refractivity (Wildman–Crippen MR) is 89.6 cm³/mol. The molecule has 0 aliphatic carbocycles. The van der Waals surface area contributed by atoms with E-state index < -0.39 is 0 Å². The molecular weight excluding hydrogens is 304 g/mol. The maximum absolute atomic E-state index is 11.9. The number of hydrogen-bond donors (Lipinski definition) is 2. The lowest BCUT2D eigenvalue weighted by Crippen LogP contribution is -2.25. The van der Waals surface area contributed by atoms with Crippen molar-refractivity contribution in [2.24, 2.45) is 0 Å². The van der Waals surface area contributed by atoms with E-state index in [9.17, 15) is 4.79 Å². The predicted octanol–water partition coefficient (Wildman–Crippen LogP) is 2.76. The number of rotatable bonds is 6. The first kappa shape index (κ1) is 15.7. The van der Waals surface area contributed by atoms with Crippen LogP contribution < -0.4 is 10.1 Å². The molecular formula is C18H18N4O2. The summed E-state index contributed by atoms with van der Waals surface area (Å²) in [5.41, 5.74) is 2.58. The van der Waals surface area contributed by atoms with Crippen LogP contribution in [0.25, 0.3) is 0 Å². The Morgan fingerprint density at radius 2 is 2.00 bits per heavy atom. The van der Waals surface area contributed by atoms with E-state index in [-0.39, 0.29) is 12.3 Å². The summed E-state index contributed by atoms with van der Waals surface area (Å²) in [6.45, 7) is 2.31. The average molecular weight is 322 g/mol. The molecule has 0 aliphatic rings. The lowest BCUT2D eigenvalue weighted by molar-refractivity contribution is -0.120. The number of nitrogens with one attached hydrogen (secondary N) is 2. The Labute approximate surface area is 139 Å². The van der Waals surface area contributed by atoms with Gasteiger partial charge in [-0.2, -0.15) is 0 Å². The summed E-state index contributed by atoms with van der Waals surface area (Å²) >= 11 is 0. The highest BCUT2D eigenvalue weighted by Gasteiger charge is 2.08. The molecule has 0 radical (unpaired) electrons. The van der Waals surface area contributed by atoms with Crippen molar-refractivity contribution < 1.29 is 9.53 Å². The van der Waals surface area contributed by atoms with Gasteiger partial charge in [-0.15, -0.1) is 0 Å². The van der Waals surface area contributed by atoms with Crippen molar-refractivity contribution in [3.05, 3.63) is 71.9 Å². The number of carbonyl (C=O) groups is 1. The van der Waals surface area contributed by atoms with Gasteiger partial charge in [0.25, 0.3) is 0 Å². The topological polar surface area (TPSA) is 79.9 Å². The Morgan fingerprint density at radius 1 is 1.17 bits per heavy atom. The van der Waals surface area contributed by atoms with Gasteiger partial charge in [0.1, 0.15) is 5.75 Å². The highest BCUT2D eigenvalue weighted by Crippen LogP contribution is 2.18. The standard InChI is InChI=1S/C18H18N4O2/c1-13-16(22-12-21-13)9-17(23)19-10-14-7-8-18(20-11-14)24-15-5-3-2-4-6-15/h2-8,11-12H,9-10H2,1H3,(H,19,23)(H,21,22). The number of nitrogens with zero attached hydrogens (tertiary/aromatic N) is 2. The smallest absolute Gasteiger partial charge is 0.226 e. The van der Waals surface area contributed by atoms with Crippen LogP contribution in [0.4, 0.5) is 0 Å². The first-order valence-electron chi connectivity index (χ1n) is 7.64. The van der Waals surface area contributed by atoms with Crippen LogP contribution in [0.2, 0.25) is 0 Å². The van der Waals surface area contributed by atoms with Gasteiger partial charge in [0.15, 0.2) is 0 Å². The van der Waals surface area contributed by atoms with E-state index in [1.807, 2.05) is 43.3 Å². The summed E-state index contributed by atoms with van der Waals surface area (Å²) in [4.78, 5) is 23.3. The minimum atomic E-state index is -0.0742. The summed E-state index contributed by atoms with van der Waals surface area (Å²) in [6.07, 6.45) is 3.55. The molecule has 122 valence electrons. The molecule has 0 aliphatic heterocycles. The fraction of sp³-hybridized carbons (Fsp3) is 0.167. The van der Waals surface area contributed by atoms with Gasteiger partial charge in [-0.1, -0.05) is 24.3 Å². The van der Waals surface area contributed by atoms with Crippen LogP contribution in [0.5, 0.6) is 11.6 Å². The Morgan fingerprint density at radius 3 is 2.67 bits per heavy atom. The van der Waals surface area contributed by atoms with E-state index in [2.05, 4.69) is 20.3 Å². The second-order valence-electron chi connectivity index (χ2n) is 5.35. The van der Waals surface area contributed by atoms with Crippen molar-refractivity contribution in [1.82, 2.24) is 20.3 Å². The van der Waals surface area contributed by atoms with Gasteiger partial charge in [-0.25, -0.2) is 9.97 Å². The number of para-hydroxylation sites is 1. The van der Waals surface area contributed by atoms with E-state index in [1.165, 1.54) is 0 Å². The third-order valence-electron chi connectivity index (χ3n) is 3.52. The van der Waals surface area contributed by atoms with Crippen LogP contribution >= 0.6 is 0 Å². The molecule has 3 aromatic rings. The zero-order valence-corrected chi connectivity index (χ0v) is 13.3. The zero-order valence-electron chi connectivity index (χ0n) is 13.3. The van der Waals surface area contributed by atoms with E-state index in [0.29, 0.717) is 12.4 Å². The van der Waals surface area contributed by atoms with Crippen molar-refractivity contribution in [1.29, 1.82) is 0 Å². The molecule has 24 heavy (non-hydrogen) atoms. The van der Waals surface area contributed by atoms with Crippen molar-refractivity contribution in [2.75, 3.05) is 0 Å². The van der Waals surface area contributed by atoms with Crippen molar-refractivity contribution in [2.45, 2.75) is 19.9 Å². The maximum atomic E-state index is 11.9. The van der Waals surface area contributed by atoms with Gasteiger partial charge >= 0.3 is 0 Å². The normalized spacial score (nSPS) is 10.4. The SMILES string of the molecule is Cc1[nH]cnc1CC(=O)NCc1ccc(Oc2ccccc2)nc1. The Kier molecular flexibility index (Phi) is 4.86. The lowest BCUT2D eigenvalue weighted by Gasteiger charge is -2.07. The quantitative estimate of drug-likeness (QED) is 0.731. The van der Waals surface area contributed by atoms with Crippen molar-refractivity contribution in [3.8, 4) is 11.6 Å². The van der Waals surface area contributed by atoms with Gasteiger partial charge in [0.2, 0.25) is 11.8 Å². The van der Waals surface area contributed by atoms with Crippen molar-refractivity contribution in [3.63, 3.8) is 0 Å². The molecule has 3 rings (SSSR count). The second-order valence-corrected chi connectivity index (χ2v) is 5.35. The fourth-order valence-electron chi connectivity index (χ4n) is 2.17. The molecule has 0 saturated heterocycles. The van der Waals surface area contributed by atoms with Crippen LogP contribution in [-0.2, 0) is 17.8 Å². The number of carbonyl (C=O) groups excluding carboxylic acids is 1. The first-order valence-corrected chi connectivity index (χ1v) is 7.64. The van der Waals surface area contributed by atoms with Crippen molar-refractivity contribution >= 4 is 5.91 Å². The lowest BCUT2D eigenvalue weighted by atomic mass is 10.2. The largest absolute Gasteiger partial charge is 0.439 e. The number of aromatic amines is 1. The van der Waals surface area contributed by atoms with Gasteiger partial charge in [0.05, 0.1) is 18.4 Å². The molecule has 1 aromatic carbocycles. The number of benzene rings is 1. The molecule has 0 unspecified atom stereocenters. The third-order valence-corrected chi connectivity index (χ3v) is 3.52. The number of imidazole rings is 1. The number of H-pyrrole nitrogens is 1. The minimum absolute atomic E-state index is 0.0742. The molecule has 2 N–H and O–H groups in total. The summed E-state index contributed by atoms with van der Waals surface area (Å²) in [7, 11) is 0. The highest BCUT2D eigenvalue weighted by atomic mass is 16.5. The number of aromatic nitrogens is 3. The summed E-state index contributed by atoms with van der Waals surface area (Å²) in [5, 5.41) is 2.86. The number of amides is 1. The molecule has 2 heterocycles. The van der Waals surface area contributed by atoms with Crippen LogP contribution in [0.1, 0.15) is 17.0 Å². The van der Waals surface area contributed by atoms with E-state index in [1.54, 1.807) is 18.6 Å². The Bertz CT molecular complexity index is 797. The Balaban J connectivity index is 1.51. The number of ether oxygens (including phenoxy) is 1.